The summed E-state index contributed by atoms with van der Waals surface area (Å²) in [5, 5.41) is 2.31. The topological polar surface area (TPSA) is 90.7 Å². The van der Waals surface area contributed by atoms with Gasteiger partial charge in [-0.1, -0.05) is 0 Å². The lowest BCUT2D eigenvalue weighted by Gasteiger charge is -2.21. The molecule has 15 heavy (non-hydrogen) atoms. The molecule has 3 N–H and O–H groups in total. The molecule has 0 aromatic rings. The van der Waals surface area contributed by atoms with Gasteiger partial charge in [0.05, 0.1) is 6.61 Å². The van der Waals surface area contributed by atoms with Crippen LogP contribution in [0.5, 0.6) is 0 Å². The summed E-state index contributed by atoms with van der Waals surface area (Å²) in [6.45, 7) is 5.20. The summed E-state index contributed by atoms with van der Waals surface area (Å²) >= 11 is 0. The maximum Gasteiger partial charge on any atom is 0.408 e. The Bertz CT molecular complexity index is 235. The van der Waals surface area contributed by atoms with E-state index < -0.39 is 23.6 Å². The Morgan fingerprint density at radius 3 is 2.27 bits per heavy atom. The molecule has 88 valence electrons. The summed E-state index contributed by atoms with van der Waals surface area (Å²) in [4.78, 5) is 22.1. The maximum atomic E-state index is 11.3. The monoisotopic (exact) mass is 218 g/mol. The molecule has 1 atom stereocenters. The van der Waals surface area contributed by atoms with Gasteiger partial charge >= 0.3 is 6.09 Å². The first kappa shape index (κ1) is 13.7. The lowest BCUT2D eigenvalue weighted by Crippen LogP contribution is -2.48. The Morgan fingerprint density at radius 2 is 1.93 bits per heavy atom. The molecule has 0 aromatic carbocycles. The molecule has 0 aliphatic carbocycles. The average Bonchev–Trinajstić information content (AvgIpc) is 1.99. The zero-order chi connectivity index (χ0) is 12.1. The summed E-state index contributed by atoms with van der Waals surface area (Å²) in [7, 11) is 1.41. The number of amides is 2. The van der Waals surface area contributed by atoms with Gasteiger partial charge in [0, 0.05) is 7.11 Å². The van der Waals surface area contributed by atoms with Crippen LogP contribution in [-0.4, -0.2) is 37.4 Å². The predicted molar refractivity (Wildman–Crippen MR) is 54.2 cm³/mol. The van der Waals surface area contributed by atoms with Gasteiger partial charge in [0.15, 0.2) is 0 Å². The number of ether oxygens (including phenoxy) is 2. The molecule has 0 heterocycles. The van der Waals surface area contributed by atoms with Crippen LogP contribution in [0.3, 0.4) is 0 Å². The fourth-order valence-electron chi connectivity index (χ4n) is 0.811. The Labute approximate surface area is 89.1 Å². The van der Waals surface area contributed by atoms with Crippen molar-refractivity contribution in [3.05, 3.63) is 0 Å². The molecule has 0 unspecified atom stereocenters. The van der Waals surface area contributed by atoms with Gasteiger partial charge in [-0.05, 0) is 20.8 Å². The number of hydrogen-bond donors (Lipinski definition) is 2. The van der Waals surface area contributed by atoms with Crippen molar-refractivity contribution in [3.63, 3.8) is 0 Å². The minimum Gasteiger partial charge on any atom is -0.444 e. The Hall–Kier alpha value is -1.30. The maximum absolute atomic E-state index is 11.3. The van der Waals surface area contributed by atoms with Crippen LogP contribution in [0.15, 0.2) is 0 Å². The number of nitrogens with one attached hydrogen (secondary N) is 1. The third-order valence-corrected chi connectivity index (χ3v) is 1.37. The van der Waals surface area contributed by atoms with E-state index in [1.165, 1.54) is 7.11 Å². The number of methoxy groups -OCH3 is 1. The first-order valence-electron chi connectivity index (χ1n) is 4.54. The first-order chi connectivity index (χ1) is 6.76. The Balaban J connectivity index is 4.18. The van der Waals surface area contributed by atoms with Crippen LogP contribution in [0.4, 0.5) is 4.79 Å². The van der Waals surface area contributed by atoms with Crippen LogP contribution in [0.25, 0.3) is 0 Å². The minimum atomic E-state index is -0.871. The van der Waals surface area contributed by atoms with Gasteiger partial charge in [-0.2, -0.15) is 0 Å². The van der Waals surface area contributed by atoms with Crippen LogP contribution < -0.4 is 11.1 Å². The highest BCUT2D eigenvalue weighted by Crippen LogP contribution is 2.06. The molecule has 0 saturated heterocycles. The molecule has 0 aliphatic rings. The van der Waals surface area contributed by atoms with Crippen LogP contribution in [-0.2, 0) is 14.3 Å². The van der Waals surface area contributed by atoms with Gasteiger partial charge < -0.3 is 20.5 Å². The largest absolute Gasteiger partial charge is 0.444 e. The van der Waals surface area contributed by atoms with Crippen molar-refractivity contribution in [1.82, 2.24) is 5.32 Å². The number of alkyl carbamates (subject to hydrolysis) is 1. The minimum absolute atomic E-state index is 0.0224. The molecule has 0 saturated carbocycles. The lowest BCUT2D eigenvalue weighted by molar-refractivity contribution is -0.121. The number of carbonyl (C=O) groups is 2. The summed E-state index contributed by atoms with van der Waals surface area (Å²) in [6, 6.07) is -0.871. The molecule has 0 aromatic heterocycles. The van der Waals surface area contributed by atoms with Crippen LogP contribution >= 0.6 is 0 Å². The Morgan fingerprint density at radius 1 is 1.40 bits per heavy atom. The van der Waals surface area contributed by atoms with Crippen molar-refractivity contribution in [1.29, 1.82) is 0 Å². The van der Waals surface area contributed by atoms with Gasteiger partial charge in [0.2, 0.25) is 5.91 Å². The molecule has 6 nitrogen and oxygen atoms in total. The van der Waals surface area contributed by atoms with E-state index in [1.807, 2.05) is 0 Å². The van der Waals surface area contributed by atoms with Crippen LogP contribution in [0.2, 0.25) is 0 Å². The molecule has 0 aliphatic heterocycles. The van der Waals surface area contributed by atoms with Crippen molar-refractivity contribution >= 4 is 12.0 Å². The fraction of sp³-hybridized carbons (Fsp3) is 0.778. The number of nitrogens with two attached hydrogens (primary N) is 1. The third kappa shape index (κ3) is 6.73. The number of rotatable bonds is 4. The van der Waals surface area contributed by atoms with Gasteiger partial charge in [-0.15, -0.1) is 0 Å². The molecule has 2 amide bonds. The molecule has 0 bridgehead atoms. The molecule has 6 heteroatoms. The fourth-order valence-corrected chi connectivity index (χ4v) is 0.811. The second kappa shape index (κ2) is 5.55. The van der Waals surface area contributed by atoms with Crippen molar-refractivity contribution in [2.24, 2.45) is 5.73 Å². The zero-order valence-corrected chi connectivity index (χ0v) is 9.49. The predicted octanol–water partition coefficient (Wildman–Crippen LogP) is 0.0114. The molecule has 0 fully saturated rings. The highest BCUT2D eigenvalue weighted by molar-refractivity contribution is 5.84. The second-order valence-electron chi connectivity index (χ2n) is 4.06. The van der Waals surface area contributed by atoms with Gasteiger partial charge in [-0.3, -0.25) is 4.79 Å². The van der Waals surface area contributed by atoms with Crippen LogP contribution in [0, 0.1) is 0 Å². The molecular weight excluding hydrogens is 200 g/mol. The molecule has 0 rings (SSSR count). The first-order valence-corrected chi connectivity index (χ1v) is 4.54. The number of primary amides is 1. The van der Waals surface area contributed by atoms with E-state index in [1.54, 1.807) is 20.8 Å². The second-order valence-corrected chi connectivity index (χ2v) is 4.06. The van der Waals surface area contributed by atoms with E-state index in [2.05, 4.69) is 5.32 Å². The van der Waals surface area contributed by atoms with Gasteiger partial charge in [-0.25, -0.2) is 4.79 Å². The molecule has 0 spiro atoms. The number of carbonyl (C=O) groups excluding carboxylic acids is 2. The zero-order valence-electron chi connectivity index (χ0n) is 9.49. The lowest BCUT2D eigenvalue weighted by atomic mass is 10.2. The third-order valence-electron chi connectivity index (χ3n) is 1.37. The summed E-state index contributed by atoms with van der Waals surface area (Å²) < 4.78 is 9.68. The van der Waals surface area contributed by atoms with E-state index >= 15 is 0 Å². The smallest absolute Gasteiger partial charge is 0.408 e. The summed E-state index contributed by atoms with van der Waals surface area (Å²) in [5.74, 6) is -0.664. The van der Waals surface area contributed by atoms with E-state index in [9.17, 15) is 9.59 Å². The summed E-state index contributed by atoms with van der Waals surface area (Å²) in [6.07, 6.45) is -0.691. The van der Waals surface area contributed by atoms with Gasteiger partial charge in [0.25, 0.3) is 0 Å². The molecular formula is C9H18N2O4. The standard InChI is InChI=1S/C9H18N2O4/c1-9(2,3)15-8(13)11-6(5-14-4)7(10)12/h6H,5H2,1-4H3,(H2,10,12)(H,11,13)/t6-/m0/s1. The van der Waals surface area contributed by atoms with E-state index in [-0.39, 0.29) is 6.61 Å². The highest BCUT2D eigenvalue weighted by Gasteiger charge is 2.22. The van der Waals surface area contributed by atoms with Crippen molar-refractivity contribution < 1.29 is 19.1 Å². The normalized spacial score (nSPS) is 13.1. The van der Waals surface area contributed by atoms with Crippen LogP contribution in [0.1, 0.15) is 20.8 Å². The van der Waals surface area contributed by atoms with Crippen molar-refractivity contribution in [3.8, 4) is 0 Å². The van der Waals surface area contributed by atoms with E-state index in [0.29, 0.717) is 0 Å². The van der Waals surface area contributed by atoms with E-state index in [0.717, 1.165) is 0 Å². The summed E-state index contributed by atoms with van der Waals surface area (Å²) in [5.41, 5.74) is 4.43. The number of hydrogen-bond acceptors (Lipinski definition) is 4. The van der Waals surface area contributed by atoms with E-state index in [4.69, 9.17) is 15.2 Å². The highest BCUT2D eigenvalue weighted by atomic mass is 16.6. The average molecular weight is 218 g/mol. The van der Waals surface area contributed by atoms with Gasteiger partial charge in [0.1, 0.15) is 11.6 Å². The molecule has 0 radical (unpaired) electrons. The van der Waals surface area contributed by atoms with Crippen molar-refractivity contribution in [2.45, 2.75) is 32.4 Å². The van der Waals surface area contributed by atoms with Crippen molar-refractivity contribution in [2.75, 3.05) is 13.7 Å². The SMILES string of the molecule is COC[C@H](NC(=O)OC(C)(C)C)C(N)=O. The Kier molecular flexibility index (Phi) is 5.07. The quantitative estimate of drug-likeness (QED) is 0.695.